The largest absolute Gasteiger partial charge is 0.444 e. The van der Waals surface area contributed by atoms with Gasteiger partial charge in [0.25, 0.3) is 11.8 Å². The number of likely N-dealkylation sites (tertiary alicyclic amines) is 1. The molecule has 1 aromatic carbocycles. The predicted octanol–water partition coefficient (Wildman–Crippen LogP) is 2.93. The van der Waals surface area contributed by atoms with E-state index in [0.29, 0.717) is 36.1 Å². The van der Waals surface area contributed by atoms with Gasteiger partial charge in [-0.05, 0) is 57.6 Å². The normalized spacial score (nSPS) is 27.7. The maximum absolute atomic E-state index is 12.7. The topological polar surface area (TPSA) is 66.9 Å². The number of ether oxygens (including phenoxy) is 1. The highest BCUT2D eigenvalue weighted by atomic mass is 16.6. The molecule has 6 nitrogen and oxygen atoms in total. The molecule has 0 aromatic heterocycles. The second-order valence-electron chi connectivity index (χ2n) is 8.56. The van der Waals surface area contributed by atoms with E-state index in [9.17, 15) is 14.4 Å². The van der Waals surface area contributed by atoms with E-state index in [2.05, 4.69) is 0 Å². The van der Waals surface area contributed by atoms with Gasteiger partial charge in [-0.25, -0.2) is 4.79 Å². The highest BCUT2D eigenvalue weighted by molar-refractivity contribution is 6.21. The fourth-order valence-corrected chi connectivity index (χ4v) is 4.49. The van der Waals surface area contributed by atoms with Gasteiger partial charge in [0.1, 0.15) is 5.60 Å². The predicted molar refractivity (Wildman–Crippen MR) is 94.8 cm³/mol. The maximum atomic E-state index is 12.7. The van der Waals surface area contributed by atoms with E-state index in [4.69, 9.17) is 4.74 Å². The smallest absolute Gasteiger partial charge is 0.410 e. The first-order valence-electron chi connectivity index (χ1n) is 9.19. The number of fused-ring (bicyclic) bond motifs is 2. The molecule has 1 saturated carbocycles. The van der Waals surface area contributed by atoms with E-state index in [1.54, 1.807) is 29.2 Å². The summed E-state index contributed by atoms with van der Waals surface area (Å²) < 4.78 is 5.46. The van der Waals surface area contributed by atoms with Crippen LogP contribution in [0.5, 0.6) is 0 Å². The zero-order valence-corrected chi connectivity index (χ0v) is 15.4. The average Bonchev–Trinajstić information content (AvgIpc) is 3.18. The molecule has 0 bridgehead atoms. The lowest BCUT2D eigenvalue weighted by Gasteiger charge is -2.27. The molecule has 138 valence electrons. The van der Waals surface area contributed by atoms with E-state index in [1.165, 1.54) is 4.90 Å². The Hall–Kier alpha value is -2.37. The Bertz CT molecular complexity index is 733. The summed E-state index contributed by atoms with van der Waals surface area (Å²) in [5.74, 6) is 0.271. The molecule has 3 aliphatic rings. The van der Waals surface area contributed by atoms with Crippen molar-refractivity contribution >= 4 is 17.9 Å². The summed E-state index contributed by atoms with van der Waals surface area (Å²) in [5, 5.41) is 0. The molecule has 6 heteroatoms. The number of imide groups is 1. The molecule has 1 saturated heterocycles. The van der Waals surface area contributed by atoms with Gasteiger partial charge in [0.2, 0.25) is 0 Å². The van der Waals surface area contributed by atoms with Crippen LogP contribution in [0.15, 0.2) is 24.3 Å². The van der Waals surface area contributed by atoms with Crippen LogP contribution in [0.1, 0.15) is 54.3 Å². The van der Waals surface area contributed by atoms with E-state index in [1.807, 2.05) is 20.8 Å². The third-order valence-corrected chi connectivity index (χ3v) is 5.57. The molecule has 0 spiro atoms. The number of hydrogen-bond donors (Lipinski definition) is 0. The Kier molecular flexibility index (Phi) is 3.82. The SMILES string of the molecule is CC(C)(C)OC(=O)N1C[C@H]2C[C@H](N3C(=O)c4ccccc4C3=O)C[C@H]2C1. The van der Waals surface area contributed by atoms with E-state index >= 15 is 0 Å². The first kappa shape index (κ1) is 17.1. The van der Waals surface area contributed by atoms with Gasteiger partial charge in [0.15, 0.2) is 0 Å². The van der Waals surface area contributed by atoms with Crippen LogP contribution in [0.25, 0.3) is 0 Å². The first-order valence-corrected chi connectivity index (χ1v) is 9.19. The number of carbonyl (C=O) groups is 3. The van der Waals surface area contributed by atoms with Crippen LogP contribution in [0.2, 0.25) is 0 Å². The second kappa shape index (κ2) is 5.83. The van der Waals surface area contributed by atoms with Gasteiger partial charge in [-0.1, -0.05) is 12.1 Å². The number of amides is 3. The lowest BCUT2D eigenvalue weighted by molar-refractivity contribution is 0.0270. The molecule has 0 N–H and O–H groups in total. The highest BCUT2D eigenvalue weighted by Crippen LogP contribution is 2.42. The summed E-state index contributed by atoms with van der Waals surface area (Å²) in [4.78, 5) is 40.8. The van der Waals surface area contributed by atoms with Crippen LogP contribution < -0.4 is 0 Å². The Morgan fingerprint density at radius 3 is 1.96 bits per heavy atom. The van der Waals surface area contributed by atoms with Crippen molar-refractivity contribution < 1.29 is 19.1 Å². The summed E-state index contributed by atoms with van der Waals surface area (Å²) in [6, 6.07) is 6.94. The van der Waals surface area contributed by atoms with Crippen LogP contribution in [0.3, 0.4) is 0 Å². The lowest BCUT2D eigenvalue weighted by Crippen LogP contribution is -2.40. The molecule has 0 unspecified atom stereocenters. The highest BCUT2D eigenvalue weighted by Gasteiger charge is 2.49. The van der Waals surface area contributed by atoms with Crippen LogP contribution in [0.4, 0.5) is 4.79 Å². The molecule has 1 aromatic rings. The molecular formula is C20H24N2O4. The van der Waals surface area contributed by atoms with Gasteiger partial charge < -0.3 is 9.64 Å². The third-order valence-electron chi connectivity index (χ3n) is 5.57. The number of nitrogens with zero attached hydrogens (tertiary/aromatic N) is 2. The number of benzene rings is 1. The van der Waals surface area contributed by atoms with Crippen molar-refractivity contribution in [1.82, 2.24) is 9.80 Å². The van der Waals surface area contributed by atoms with Gasteiger partial charge in [-0.3, -0.25) is 14.5 Å². The standard InChI is InChI=1S/C20H24N2O4/c1-20(2,3)26-19(25)21-10-12-8-14(9-13(12)11-21)22-17(23)15-6-4-5-7-16(15)18(22)24/h4-7,12-14H,8-11H2,1-3H3/t12-,13+,14+. The quantitative estimate of drug-likeness (QED) is 0.726. The minimum Gasteiger partial charge on any atom is -0.444 e. The van der Waals surface area contributed by atoms with Gasteiger partial charge in [-0.15, -0.1) is 0 Å². The van der Waals surface area contributed by atoms with Crippen LogP contribution in [0, 0.1) is 11.8 Å². The fourth-order valence-electron chi connectivity index (χ4n) is 4.49. The summed E-state index contributed by atoms with van der Waals surface area (Å²) >= 11 is 0. The molecular weight excluding hydrogens is 332 g/mol. The van der Waals surface area contributed by atoms with Crippen molar-refractivity contribution in [2.45, 2.75) is 45.3 Å². The number of rotatable bonds is 1. The van der Waals surface area contributed by atoms with Crippen molar-refractivity contribution in [3.8, 4) is 0 Å². The van der Waals surface area contributed by atoms with Gasteiger partial charge in [-0.2, -0.15) is 0 Å². The Labute approximate surface area is 153 Å². The molecule has 2 aliphatic heterocycles. The third kappa shape index (κ3) is 2.77. The molecule has 2 heterocycles. The number of hydrogen-bond acceptors (Lipinski definition) is 4. The molecule has 4 rings (SSSR count). The minimum absolute atomic E-state index is 0.0711. The van der Waals surface area contributed by atoms with Crippen molar-refractivity contribution in [3.05, 3.63) is 35.4 Å². The van der Waals surface area contributed by atoms with Gasteiger partial charge in [0.05, 0.1) is 11.1 Å². The van der Waals surface area contributed by atoms with Crippen LogP contribution >= 0.6 is 0 Å². The van der Waals surface area contributed by atoms with E-state index in [0.717, 1.165) is 12.8 Å². The van der Waals surface area contributed by atoms with Crippen LogP contribution in [-0.4, -0.2) is 52.4 Å². The molecule has 26 heavy (non-hydrogen) atoms. The van der Waals surface area contributed by atoms with Gasteiger partial charge >= 0.3 is 6.09 Å². The van der Waals surface area contributed by atoms with Crippen molar-refractivity contribution in [2.75, 3.05) is 13.1 Å². The summed E-state index contributed by atoms with van der Waals surface area (Å²) in [7, 11) is 0. The summed E-state index contributed by atoms with van der Waals surface area (Å²) in [6.45, 7) is 6.86. The Morgan fingerprint density at radius 1 is 1.00 bits per heavy atom. The van der Waals surface area contributed by atoms with Crippen molar-refractivity contribution in [3.63, 3.8) is 0 Å². The van der Waals surface area contributed by atoms with Gasteiger partial charge in [0, 0.05) is 19.1 Å². The van der Waals surface area contributed by atoms with E-state index < -0.39 is 5.60 Å². The Balaban J connectivity index is 1.42. The molecule has 1 aliphatic carbocycles. The number of carbonyl (C=O) groups excluding carboxylic acids is 3. The van der Waals surface area contributed by atoms with E-state index in [-0.39, 0.29) is 23.9 Å². The van der Waals surface area contributed by atoms with Crippen molar-refractivity contribution in [2.24, 2.45) is 11.8 Å². The zero-order valence-electron chi connectivity index (χ0n) is 15.4. The molecule has 0 radical (unpaired) electrons. The monoisotopic (exact) mass is 356 g/mol. The Morgan fingerprint density at radius 2 is 1.50 bits per heavy atom. The zero-order chi connectivity index (χ0) is 18.6. The summed E-state index contributed by atoms with van der Waals surface area (Å²) in [5.41, 5.74) is 0.507. The summed E-state index contributed by atoms with van der Waals surface area (Å²) in [6.07, 6.45) is 1.24. The molecule has 3 atom stereocenters. The second-order valence-corrected chi connectivity index (χ2v) is 8.56. The first-order chi connectivity index (χ1) is 12.2. The van der Waals surface area contributed by atoms with Crippen LogP contribution in [-0.2, 0) is 4.74 Å². The van der Waals surface area contributed by atoms with Crippen molar-refractivity contribution in [1.29, 1.82) is 0 Å². The maximum Gasteiger partial charge on any atom is 0.410 e. The minimum atomic E-state index is -0.502. The lowest BCUT2D eigenvalue weighted by atomic mass is 10.0. The average molecular weight is 356 g/mol. The molecule has 3 amide bonds. The molecule has 2 fully saturated rings. The fraction of sp³-hybridized carbons (Fsp3) is 0.550.